The topological polar surface area (TPSA) is 17.1 Å². The molecule has 0 heterocycles. The summed E-state index contributed by atoms with van der Waals surface area (Å²) < 4.78 is 0. The van der Waals surface area contributed by atoms with Crippen LogP contribution in [-0.4, -0.2) is 5.78 Å². The summed E-state index contributed by atoms with van der Waals surface area (Å²) in [4.78, 5) is 12.0. The van der Waals surface area contributed by atoms with Gasteiger partial charge in [-0.1, -0.05) is 25.7 Å². The normalized spacial score (nSPS) is 45.7. The summed E-state index contributed by atoms with van der Waals surface area (Å²) in [5.74, 6) is 3.74. The number of fused-ring (bicyclic) bond motifs is 3. The number of Topliss-reactive ketones (excluding diaryl/α,β-unsaturated/α-hetero) is 1. The zero-order valence-electron chi connectivity index (χ0n) is 9.58. The summed E-state index contributed by atoms with van der Waals surface area (Å²) in [5, 5.41) is 0. The lowest BCUT2D eigenvalue weighted by atomic mass is 9.70. The zero-order chi connectivity index (χ0) is 10.3. The molecule has 1 heteroatoms. The van der Waals surface area contributed by atoms with Crippen molar-refractivity contribution in [3.8, 4) is 0 Å². The third-order valence-electron chi connectivity index (χ3n) is 5.26. The monoisotopic (exact) mass is 206 g/mol. The summed E-state index contributed by atoms with van der Waals surface area (Å²) in [6.07, 6.45) is 11.7. The SMILES string of the molecule is O=C1CCC2CCCCC2C2CCCC12. The number of rotatable bonds is 0. The second-order valence-electron chi connectivity index (χ2n) is 5.91. The van der Waals surface area contributed by atoms with Gasteiger partial charge in [-0.15, -0.1) is 0 Å². The lowest BCUT2D eigenvalue weighted by Crippen LogP contribution is -2.28. The molecule has 84 valence electrons. The van der Waals surface area contributed by atoms with Crippen LogP contribution in [0.2, 0.25) is 0 Å². The van der Waals surface area contributed by atoms with Gasteiger partial charge in [0.2, 0.25) is 0 Å². The van der Waals surface area contributed by atoms with Crippen LogP contribution < -0.4 is 0 Å². The fourth-order valence-corrected chi connectivity index (χ4v) is 4.57. The highest BCUT2D eigenvalue weighted by atomic mass is 16.1. The molecule has 0 saturated heterocycles. The van der Waals surface area contributed by atoms with Gasteiger partial charge in [0, 0.05) is 12.3 Å². The largest absolute Gasteiger partial charge is 0.299 e. The maximum atomic E-state index is 12.0. The van der Waals surface area contributed by atoms with Crippen molar-refractivity contribution in [3.05, 3.63) is 0 Å². The van der Waals surface area contributed by atoms with E-state index in [0.29, 0.717) is 11.7 Å². The quantitative estimate of drug-likeness (QED) is 0.592. The van der Waals surface area contributed by atoms with Crippen LogP contribution in [0.5, 0.6) is 0 Å². The standard InChI is InChI=1S/C14H22O/c15-14-9-8-10-4-1-2-5-11(10)12-6-3-7-13(12)14/h10-13H,1-9H2. The third kappa shape index (κ3) is 1.64. The summed E-state index contributed by atoms with van der Waals surface area (Å²) in [6.45, 7) is 0. The van der Waals surface area contributed by atoms with Crippen molar-refractivity contribution in [2.24, 2.45) is 23.7 Å². The Labute approximate surface area is 92.6 Å². The molecule has 3 aliphatic rings. The molecule has 4 atom stereocenters. The van der Waals surface area contributed by atoms with E-state index in [4.69, 9.17) is 0 Å². The first kappa shape index (κ1) is 9.86. The second-order valence-corrected chi connectivity index (χ2v) is 5.91. The summed E-state index contributed by atoms with van der Waals surface area (Å²) in [7, 11) is 0. The molecule has 0 N–H and O–H groups in total. The molecule has 0 spiro atoms. The zero-order valence-corrected chi connectivity index (χ0v) is 9.58. The first-order valence-corrected chi connectivity index (χ1v) is 6.89. The van der Waals surface area contributed by atoms with Crippen LogP contribution in [0.3, 0.4) is 0 Å². The Morgan fingerprint density at radius 1 is 0.800 bits per heavy atom. The minimum atomic E-state index is 0.484. The maximum absolute atomic E-state index is 12.0. The van der Waals surface area contributed by atoms with Crippen molar-refractivity contribution in [2.45, 2.75) is 57.8 Å². The van der Waals surface area contributed by atoms with Crippen LogP contribution in [0.1, 0.15) is 57.8 Å². The van der Waals surface area contributed by atoms with Gasteiger partial charge in [-0.3, -0.25) is 4.79 Å². The van der Waals surface area contributed by atoms with Gasteiger partial charge in [0.25, 0.3) is 0 Å². The number of hydrogen-bond acceptors (Lipinski definition) is 1. The average molecular weight is 206 g/mol. The van der Waals surface area contributed by atoms with Crippen LogP contribution in [0, 0.1) is 23.7 Å². The van der Waals surface area contributed by atoms with E-state index in [1.54, 1.807) is 0 Å². The van der Waals surface area contributed by atoms with Crippen LogP contribution in [0.4, 0.5) is 0 Å². The summed E-state index contributed by atoms with van der Waals surface area (Å²) in [6, 6.07) is 0. The third-order valence-corrected chi connectivity index (χ3v) is 5.26. The van der Waals surface area contributed by atoms with Crippen molar-refractivity contribution in [1.29, 1.82) is 0 Å². The molecule has 0 aromatic rings. The molecule has 0 amide bonds. The molecule has 0 radical (unpaired) electrons. The summed E-state index contributed by atoms with van der Waals surface area (Å²) >= 11 is 0. The molecule has 0 aromatic heterocycles. The molecule has 0 aromatic carbocycles. The molecular weight excluding hydrogens is 184 g/mol. The molecule has 4 unspecified atom stereocenters. The van der Waals surface area contributed by atoms with E-state index in [-0.39, 0.29) is 0 Å². The van der Waals surface area contributed by atoms with Gasteiger partial charge in [0.1, 0.15) is 5.78 Å². The Kier molecular flexibility index (Phi) is 2.58. The Bertz CT molecular complexity index is 258. The molecule has 3 rings (SSSR count). The highest BCUT2D eigenvalue weighted by Gasteiger charge is 2.43. The van der Waals surface area contributed by atoms with E-state index >= 15 is 0 Å². The van der Waals surface area contributed by atoms with Crippen LogP contribution in [0.15, 0.2) is 0 Å². The fraction of sp³-hybridized carbons (Fsp3) is 0.929. The average Bonchev–Trinajstić information content (AvgIpc) is 2.71. The Hall–Kier alpha value is -0.330. The summed E-state index contributed by atoms with van der Waals surface area (Å²) in [5.41, 5.74) is 0. The lowest BCUT2D eigenvalue weighted by Gasteiger charge is -2.35. The number of ketones is 1. The molecule has 3 saturated carbocycles. The van der Waals surface area contributed by atoms with E-state index in [1.165, 1.54) is 51.4 Å². The fourth-order valence-electron chi connectivity index (χ4n) is 4.57. The highest BCUT2D eigenvalue weighted by molar-refractivity contribution is 5.81. The molecular formula is C14H22O. The second kappa shape index (κ2) is 3.92. The van der Waals surface area contributed by atoms with Crippen LogP contribution in [-0.2, 0) is 4.79 Å². The molecule has 0 aliphatic heterocycles. The number of carbonyl (C=O) groups excluding carboxylic acids is 1. The minimum absolute atomic E-state index is 0.484. The smallest absolute Gasteiger partial charge is 0.136 e. The van der Waals surface area contributed by atoms with E-state index in [9.17, 15) is 4.79 Å². The van der Waals surface area contributed by atoms with Crippen LogP contribution in [0.25, 0.3) is 0 Å². The van der Waals surface area contributed by atoms with Gasteiger partial charge in [0.05, 0.1) is 0 Å². The van der Waals surface area contributed by atoms with E-state index < -0.39 is 0 Å². The van der Waals surface area contributed by atoms with Gasteiger partial charge in [-0.25, -0.2) is 0 Å². The van der Waals surface area contributed by atoms with E-state index in [2.05, 4.69) is 0 Å². The molecule has 3 fully saturated rings. The molecule has 3 aliphatic carbocycles. The first-order valence-electron chi connectivity index (χ1n) is 6.89. The molecule has 1 nitrogen and oxygen atoms in total. The van der Waals surface area contributed by atoms with Crippen molar-refractivity contribution >= 4 is 5.78 Å². The van der Waals surface area contributed by atoms with E-state index in [1.807, 2.05) is 0 Å². The molecule has 15 heavy (non-hydrogen) atoms. The van der Waals surface area contributed by atoms with E-state index in [0.717, 1.165) is 24.2 Å². The van der Waals surface area contributed by atoms with Crippen LogP contribution >= 0.6 is 0 Å². The van der Waals surface area contributed by atoms with Crippen molar-refractivity contribution in [3.63, 3.8) is 0 Å². The first-order chi connectivity index (χ1) is 7.36. The van der Waals surface area contributed by atoms with Crippen molar-refractivity contribution in [2.75, 3.05) is 0 Å². The predicted octanol–water partition coefficient (Wildman–Crippen LogP) is 3.57. The van der Waals surface area contributed by atoms with Crippen molar-refractivity contribution < 1.29 is 4.79 Å². The Balaban J connectivity index is 1.85. The maximum Gasteiger partial charge on any atom is 0.136 e. The molecule has 0 bridgehead atoms. The minimum Gasteiger partial charge on any atom is -0.299 e. The Morgan fingerprint density at radius 2 is 1.60 bits per heavy atom. The van der Waals surface area contributed by atoms with Gasteiger partial charge in [-0.05, 0) is 43.4 Å². The Morgan fingerprint density at radius 3 is 2.53 bits per heavy atom. The van der Waals surface area contributed by atoms with Gasteiger partial charge in [-0.2, -0.15) is 0 Å². The van der Waals surface area contributed by atoms with Gasteiger partial charge < -0.3 is 0 Å². The number of carbonyl (C=O) groups is 1. The number of hydrogen-bond donors (Lipinski definition) is 0. The van der Waals surface area contributed by atoms with Gasteiger partial charge in [0.15, 0.2) is 0 Å². The van der Waals surface area contributed by atoms with Crippen molar-refractivity contribution in [1.82, 2.24) is 0 Å². The highest BCUT2D eigenvalue weighted by Crippen LogP contribution is 2.49. The lowest BCUT2D eigenvalue weighted by molar-refractivity contribution is -0.123. The van der Waals surface area contributed by atoms with Gasteiger partial charge >= 0.3 is 0 Å². The predicted molar refractivity (Wildman–Crippen MR) is 60.5 cm³/mol.